The number of rotatable bonds is 12. The third-order valence-corrected chi connectivity index (χ3v) is 5.19. The SMILES string of the molecule is NC(N)=NCCC[C@H](NC(=O)[C@@H](N)Cc1c[nH]c2ccccc12)C(=O)N[C@@H](CS)C(=O)O. The zero-order valence-electron chi connectivity index (χ0n) is 17.5. The first-order valence-electron chi connectivity index (χ1n) is 10.0. The van der Waals surface area contributed by atoms with E-state index in [0.717, 1.165) is 16.5 Å². The van der Waals surface area contributed by atoms with E-state index in [-0.39, 0.29) is 31.1 Å². The molecule has 32 heavy (non-hydrogen) atoms. The number of nitrogens with one attached hydrogen (secondary N) is 3. The molecule has 0 saturated carbocycles. The maximum absolute atomic E-state index is 12.7. The molecule has 10 N–H and O–H groups in total. The molecule has 11 nitrogen and oxygen atoms in total. The number of H-pyrrole nitrogens is 1. The quantitative estimate of drug-likeness (QED) is 0.0859. The number of carbonyl (C=O) groups excluding carboxylic acids is 2. The van der Waals surface area contributed by atoms with E-state index >= 15 is 0 Å². The van der Waals surface area contributed by atoms with Gasteiger partial charge >= 0.3 is 5.97 Å². The summed E-state index contributed by atoms with van der Waals surface area (Å²) < 4.78 is 0. The number of thiol groups is 1. The lowest BCUT2D eigenvalue weighted by Crippen LogP contribution is -2.55. The normalized spacial score (nSPS) is 13.7. The number of amides is 2. The van der Waals surface area contributed by atoms with Gasteiger partial charge in [0, 0.05) is 29.4 Å². The van der Waals surface area contributed by atoms with Crippen LogP contribution in [0, 0.1) is 0 Å². The molecule has 0 bridgehead atoms. The number of aromatic nitrogens is 1. The van der Waals surface area contributed by atoms with E-state index in [2.05, 4.69) is 33.2 Å². The summed E-state index contributed by atoms with van der Waals surface area (Å²) in [5.74, 6) is -2.60. The molecule has 0 fully saturated rings. The van der Waals surface area contributed by atoms with Crippen molar-refractivity contribution in [1.29, 1.82) is 0 Å². The highest BCUT2D eigenvalue weighted by atomic mass is 32.1. The Morgan fingerprint density at radius 3 is 2.47 bits per heavy atom. The summed E-state index contributed by atoms with van der Waals surface area (Å²) in [4.78, 5) is 43.6. The Morgan fingerprint density at radius 2 is 1.81 bits per heavy atom. The van der Waals surface area contributed by atoms with E-state index in [4.69, 9.17) is 22.3 Å². The second-order valence-electron chi connectivity index (χ2n) is 7.26. The summed E-state index contributed by atoms with van der Waals surface area (Å²) >= 11 is 3.94. The van der Waals surface area contributed by atoms with Crippen molar-refractivity contribution in [1.82, 2.24) is 15.6 Å². The van der Waals surface area contributed by atoms with Gasteiger partial charge in [-0.15, -0.1) is 0 Å². The Morgan fingerprint density at radius 1 is 1.12 bits per heavy atom. The van der Waals surface area contributed by atoms with Gasteiger partial charge in [0.2, 0.25) is 11.8 Å². The van der Waals surface area contributed by atoms with E-state index in [1.54, 1.807) is 6.20 Å². The number of para-hydroxylation sites is 1. The van der Waals surface area contributed by atoms with E-state index in [1.807, 2.05) is 24.3 Å². The summed E-state index contributed by atoms with van der Waals surface area (Å²) in [6.45, 7) is 0.248. The molecule has 1 aromatic heterocycles. The lowest BCUT2D eigenvalue weighted by atomic mass is 10.0. The van der Waals surface area contributed by atoms with Gasteiger partial charge < -0.3 is 37.9 Å². The van der Waals surface area contributed by atoms with E-state index in [0.29, 0.717) is 6.42 Å². The number of carbonyl (C=O) groups is 3. The van der Waals surface area contributed by atoms with Crippen LogP contribution in [0.2, 0.25) is 0 Å². The minimum absolute atomic E-state index is 0.0863. The van der Waals surface area contributed by atoms with Crippen molar-refractivity contribution in [2.24, 2.45) is 22.2 Å². The Hall–Kier alpha value is -3.25. The van der Waals surface area contributed by atoms with Crippen LogP contribution in [-0.4, -0.2) is 64.3 Å². The molecule has 0 aliphatic rings. The summed E-state index contributed by atoms with van der Waals surface area (Å²) in [5.41, 5.74) is 18.5. The van der Waals surface area contributed by atoms with Crippen molar-refractivity contribution in [3.8, 4) is 0 Å². The molecule has 0 aliphatic heterocycles. The Kier molecular flexibility index (Phi) is 9.35. The number of aromatic amines is 1. The summed E-state index contributed by atoms with van der Waals surface area (Å²) in [6, 6.07) is 4.52. The average molecular weight is 464 g/mol. The maximum atomic E-state index is 12.7. The Bertz CT molecular complexity index is 974. The van der Waals surface area contributed by atoms with Gasteiger partial charge in [0.25, 0.3) is 0 Å². The highest BCUT2D eigenvalue weighted by molar-refractivity contribution is 7.80. The third kappa shape index (κ3) is 7.17. The number of hydrogen-bond donors (Lipinski definition) is 8. The number of hydrogen-bond acceptors (Lipinski definition) is 6. The van der Waals surface area contributed by atoms with Crippen molar-refractivity contribution in [3.05, 3.63) is 36.0 Å². The largest absolute Gasteiger partial charge is 0.480 e. The number of nitrogens with zero attached hydrogens (tertiary/aromatic N) is 1. The standard InChI is InChI=1S/C20H29N7O4S/c21-13(8-11-9-25-14-5-2-1-4-12(11)14)17(28)26-15(6-3-7-24-20(22)23)18(29)27-16(10-32)19(30)31/h1-2,4-5,9,13,15-16,25,32H,3,6-8,10,21H2,(H,26,28)(H,27,29)(H,30,31)(H4,22,23,24)/t13-,15-,16-/m0/s1. The second-order valence-corrected chi connectivity index (χ2v) is 7.63. The molecule has 2 amide bonds. The minimum Gasteiger partial charge on any atom is -0.480 e. The molecule has 2 rings (SSSR count). The highest BCUT2D eigenvalue weighted by Gasteiger charge is 2.27. The number of aliphatic imine (C=N–C) groups is 1. The first-order valence-corrected chi connectivity index (χ1v) is 10.7. The molecule has 1 aromatic carbocycles. The predicted octanol–water partition coefficient (Wildman–Crippen LogP) is -0.925. The van der Waals surface area contributed by atoms with Crippen LogP contribution in [0.3, 0.4) is 0 Å². The van der Waals surface area contributed by atoms with Crippen LogP contribution in [-0.2, 0) is 20.8 Å². The molecule has 2 aromatic rings. The fourth-order valence-electron chi connectivity index (χ4n) is 3.14. The number of fused-ring (bicyclic) bond motifs is 1. The topological polar surface area (TPSA) is 202 Å². The third-order valence-electron chi connectivity index (χ3n) is 4.83. The zero-order chi connectivity index (χ0) is 23.7. The van der Waals surface area contributed by atoms with Gasteiger partial charge in [0.05, 0.1) is 6.04 Å². The second kappa shape index (κ2) is 12.0. The van der Waals surface area contributed by atoms with Crippen molar-refractivity contribution in [2.75, 3.05) is 12.3 Å². The van der Waals surface area contributed by atoms with Crippen molar-refractivity contribution in [2.45, 2.75) is 37.4 Å². The number of carboxylic acids is 1. The van der Waals surface area contributed by atoms with Crippen LogP contribution in [0.4, 0.5) is 0 Å². The van der Waals surface area contributed by atoms with Gasteiger partial charge in [0.15, 0.2) is 5.96 Å². The van der Waals surface area contributed by atoms with Gasteiger partial charge in [-0.25, -0.2) is 4.79 Å². The first-order chi connectivity index (χ1) is 15.2. The van der Waals surface area contributed by atoms with E-state index < -0.39 is 35.9 Å². The average Bonchev–Trinajstić information content (AvgIpc) is 3.16. The fourth-order valence-corrected chi connectivity index (χ4v) is 3.39. The lowest BCUT2D eigenvalue weighted by Gasteiger charge is -2.22. The zero-order valence-corrected chi connectivity index (χ0v) is 18.3. The molecule has 1 heterocycles. The molecule has 3 atom stereocenters. The first kappa shape index (κ1) is 25.0. The predicted molar refractivity (Wildman–Crippen MR) is 125 cm³/mol. The molecular formula is C20H29N7O4S. The lowest BCUT2D eigenvalue weighted by molar-refractivity contribution is -0.141. The highest BCUT2D eigenvalue weighted by Crippen LogP contribution is 2.18. The van der Waals surface area contributed by atoms with Gasteiger partial charge in [-0.3, -0.25) is 14.6 Å². The maximum Gasteiger partial charge on any atom is 0.327 e. The summed E-state index contributed by atoms with van der Waals surface area (Å²) in [5, 5.41) is 15.1. The molecule has 0 aliphatic carbocycles. The summed E-state index contributed by atoms with van der Waals surface area (Å²) in [7, 11) is 0. The van der Waals surface area contributed by atoms with E-state index in [1.165, 1.54) is 0 Å². The number of nitrogens with two attached hydrogens (primary N) is 3. The van der Waals surface area contributed by atoms with Crippen LogP contribution in [0.15, 0.2) is 35.5 Å². The number of guanidine groups is 1. The molecule has 0 saturated heterocycles. The van der Waals surface area contributed by atoms with E-state index in [9.17, 15) is 14.4 Å². The van der Waals surface area contributed by atoms with Crippen LogP contribution in [0.25, 0.3) is 10.9 Å². The molecule has 0 radical (unpaired) electrons. The summed E-state index contributed by atoms with van der Waals surface area (Å²) in [6.07, 6.45) is 2.62. The van der Waals surface area contributed by atoms with Crippen LogP contribution >= 0.6 is 12.6 Å². The van der Waals surface area contributed by atoms with Crippen LogP contribution < -0.4 is 27.8 Å². The van der Waals surface area contributed by atoms with Gasteiger partial charge in [-0.05, 0) is 30.9 Å². The van der Waals surface area contributed by atoms with Crippen LogP contribution in [0.5, 0.6) is 0 Å². The van der Waals surface area contributed by atoms with Crippen molar-refractivity contribution < 1.29 is 19.5 Å². The van der Waals surface area contributed by atoms with Crippen LogP contribution in [0.1, 0.15) is 18.4 Å². The Labute approximate surface area is 190 Å². The minimum atomic E-state index is -1.23. The van der Waals surface area contributed by atoms with Crippen molar-refractivity contribution in [3.63, 3.8) is 0 Å². The number of aliphatic carboxylic acids is 1. The smallest absolute Gasteiger partial charge is 0.327 e. The number of benzene rings is 1. The molecule has 0 unspecified atom stereocenters. The number of carboxylic acid groups (broad SMARTS) is 1. The molecule has 0 spiro atoms. The van der Waals surface area contributed by atoms with Gasteiger partial charge in [0.1, 0.15) is 12.1 Å². The molecular weight excluding hydrogens is 434 g/mol. The monoisotopic (exact) mass is 463 g/mol. The van der Waals surface area contributed by atoms with Gasteiger partial charge in [-0.2, -0.15) is 12.6 Å². The van der Waals surface area contributed by atoms with Crippen molar-refractivity contribution >= 4 is 47.3 Å². The molecule has 174 valence electrons. The van der Waals surface area contributed by atoms with Gasteiger partial charge in [-0.1, -0.05) is 18.2 Å². The molecule has 12 heteroatoms. The Balaban J connectivity index is 2.06. The fraction of sp³-hybridized carbons (Fsp3) is 0.400.